The van der Waals surface area contributed by atoms with Gasteiger partial charge in [-0.15, -0.1) is 0 Å². The van der Waals surface area contributed by atoms with Crippen LogP contribution >= 0.6 is 0 Å². The molecule has 0 radical (unpaired) electrons. The summed E-state index contributed by atoms with van der Waals surface area (Å²) < 4.78 is 10.6. The Balaban J connectivity index is 1.63. The van der Waals surface area contributed by atoms with E-state index in [2.05, 4.69) is 94.8 Å². The van der Waals surface area contributed by atoms with Crippen LogP contribution in [-0.2, 0) is 0 Å². The fraction of sp³-hybridized carbons (Fsp3) is 0.0385. The zero-order valence-electron chi connectivity index (χ0n) is 16.3. The van der Waals surface area contributed by atoms with Gasteiger partial charge >= 0.3 is 0 Å². The number of fused-ring (bicyclic) bond motifs is 8. The van der Waals surface area contributed by atoms with Gasteiger partial charge in [-0.1, -0.05) is 35.9 Å². The first-order valence-electron chi connectivity index (χ1n) is 10.1. The number of aromatic nitrogens is 3. The maximum absolute atomic E-state index is 6.07. The third-order valence-corrected chi connectivity index (χ3v) is 5.97. The zero-order valence-corrected chi connectivity index (χ0v) is 16.3. The van der Waals surface area contributed by atoms with E-state index in [-0.39, 0.29) is 0 Å². The molecule has 0 aliphatic heterocycles. The molecule has 0 aliphatic carbocycles. The number of para-hydroxylation sites is 4. The highest BCUT2D eigenvalue weighted by Gasteiger charge is 2.17. The highest BCUT2D eigenvalue weighted by molar-refractivity contribution is 6.06. The molecule has 0 bridgehead atoms. The minimum atomic E-state index is 0.903. The number of hydrogen-bond acceptors (Lipinski definition) is 2. The molecule has 4 heteroatoms. The summed E-state index contributed by atoms with van der Waals surface area (Å²) in [5.74, 6) is 0.917. The summed E-state index contributed by atoms with van der Waals surface area (Å²) in [7, 11) is 0. The normalized spacial score (nSPS) is 12.2. The summed E-state index contributed by atoms with van der Waals surface area (Å²) in [6.07, 6.45) is 0. The largest absolute Gasteiger partial charge is 0.456 e. The van der Waals surface area contributed by atoms with Crippen LogP contribution in [-0.4, -0.2) is 14.0 Å². The Morgan fingerprint density at radius 1 is 0.700 bits per heavy atom. The number of imidazole rings is 2. The van der Waals surface area contributed by atoms with Gasteiger partial charge in [-0.3, -0.25) is 8.97 Å². The quantitative estimate of drug-likeness (QED) is 0.316. The van der Waals surface area contributed by atoms with E-state index in [1.54, 1.807) is 0 Å². The van der Waals surface area contributed by atoms with Gasteiger partial charge in [0.15, 0.2) is 0 Å². The van der Waals surface area contributed by atoms with Gasteiger partial charge < -0.3 is 4.42 Å². The Labute approximate surface area is 171 Å². The second-order valence-electron chi connectivity index (χ2n) is 7.84. The van der Waals surface area contributed by atoms with E-state index < -0.39 is 0 Å². The molecule has 0 aliphatic rings. The SMILES string of the molecule is Cc1ccc2oc3ccc(-n4c5ccccc5n5c6ccccc6nc45)cc3c2c1. The van der Waals surface area contributed by atoms with Gasteiger partial charge in [0.2, 0.25) is 5.78 Å². The molecule has 0 fully saturated rings. The highest BCUT2D eigenvalue weighted by Crippen LogP contribution is 2.34. The van der Waals surface area contributed by atoms with Gasteiger partial charge in [0.05, 0.1) is 27.8 Å². The van der Waals surface area contributed by atoms with Crippen LogP contribution in [0, 0.1) is 6.92 Å². The summed E-state index contributed by atoms with van der Waals surface area (Å²) in [5, 5.41) is 2.27. The Bertz CT molecular complexity index is 1760. The van der Waals surface area contributed by atoms with Crippen molar-refractivity contribution in [3.8, 4) is 5.69 Å². The van der Waals surface area contributed by atoms with Crippen LogP contribution in [0.3, 0.4) is 0 Å². The predicted molar refractivity (Wildman–Crippen MR) is 122 cm³/mol. The first-order valence-corrected chi connectivity index (χ1v) is 10.1. The van der Waals surface area contributed by atoms with Crippen molar-refractivity contribution in [3.63, 3.8) is 0 Å². The molecule has 3 aromatic heterocycles. The molecule has 0 saturated carbocycles. The van der Waals surface area contributed by atoms with Crippen LogP contribution in [0.4, 0.5) is 0 Å². The lowest BCUT2D eigenvalue weighted by atomic mass is 10.1. The van der Waals surface area contributed by atoms with Crippen LogP contribution < -0.4 is 0 Å². The lowest BCUT2D eigenvalue weighted by molar-refractivity contribution is 0.669. The van der Waals surface area contributed by atoms with E-state index >= 15 is 0 Å². The second kappa shape index (κ2) is 5.51. The Hall–Kier alpha value is -4.05. The monoisotopic (exact) mass is 387 g/mol. The number of hydrogen-bond donors (Lipinski definition) is 0. The number of aryl methyl sites for hydroxylation is 1. The van der Waals surface area contributed by atoms with E-state index in [9.17, 15) is 0 Å². The molecular formula is C26H17N3O. The molecule has 0 amide bonds. The fourth-order valence-corrected chi connectivity index (χ4v) is 4.62. The standard InChI is InChI=1S/C26H17N3O/c1-16-10-12-24-18(14-16)19-15-17(11-13-25(19)30-24)28-22-8-4-5-9-23(22)29-21-7-3-2-6-20(21)27-26(28)29/h2-15H,1H3. The average Bonchev–Trinajstić information content (AvgIpc) is 3.41. The maximum atomic E-state index is 6.07. The van der Waals surface area contributed by atoms with Crippen molar-refractivity contribution in [2.24, 2.45) is 0 Å². The minimum absolute atomic E-state index is 0.903. The van der Waals surface area contributed by atoms with Gasteiger partial charge in [0, 0.05) is 10.8 Å². The molecule has 4 aromatic carbocycles. The smallest absolute Gasteiger partial charge is 0.220 e. The van der Waals surface area contributed by atoms with Crippen LogP contribution in [0.1, 0.15) is 5.56 Å². The molecule has 0 N–H and O–H groups in total. The summed E-state index contributed by atoms with van der Waals surface area (Å²) >= 11 is 0. The van der Waals surface area contributed by atoms with Gasteiger partial charge in [0.25, 0.3) is 0 Å². The third-order valence-electron chi connectivity index (χ3n) is 5.97. The van der Waals surface area contributed by atoms with Crippen LogP contribution in [0.15, 0.2) is 89.3 Å². The summed E-state index contributed by atoms with van der Waals surface area (Å²) in [6, 6.07) is 29.5. The van der Waals surface area contributed by atoms with Crippen molar-refractivity contribution in [1.29, 1.82) is 0 Å². The molecule has 0 atom stereocenters. The molecule has 7 aromatic rings. The molecule has 0 saturated heterocycles. The average molecular weight is 387 g/mol. The highest BCUT2D eigenvalue weighted by atomic mass is 16.3. The molecule has 0 unspecified atom stereocenters. The van der Waals surface area contributed by atoms with Crippen LogP contribution in [0.25, 0.3) is 55.5 Å². The summed E-state index contributed by atoms with van der Waals surface area (Å²) in [6.45, 7) is 2.11. The third kappa shape index (κ3) is 1.97. The maximum Gasteiger partial charge on any atom is 0.220 e. The molecular weight excluding hydrogens is 370 g/mol. The molecule has 7 rings (SSSR count). The lowest BCUT2D eigenvalue weighted by Crippen LogP contribution is -1.94. The van der Waals surface area contributed by atoms with Crippen molar-refractivity contribution < 1.29 is 4.42 Å². The predicted octanol–water partition coefficient (Wildman–Crippen LogP) is 6.64. The van der Waals surface area contributed by atoms with Crippen molar-refractivity contribution in [2.75, 3.05) is 0 Å². The number of rotatable bonds is 1. The Morgan fingerprint density at radius 2 is 1.40 bits per heavy atom. The van der Waals surface area contributed by atoms with E-state index in [1.165, 1.54) is 5.56 Å². The molecule has 0 spiro atoms. The molecule has 142 valence electrons. The van der Waals surface area contributed by atoms with Gasteiger partial charge in [-0.25, -0.2) is 4.98 Å². The molecule has 30 heavy (non-hydrogen) atoms. The van der Waals surface area contributed by atoms with Crippen LogP contribution in [0.2, 0.25) is 0 Å². The number of furan rings is 1. The first kappa shape index (κ1) is 15.8. The van der Waals surface area contributed by atoms with Crippen molar-refractivity contribution in [2.45, 2.75) is 6.92 Å². The van der Waals surface area contributed by atoms with Crippen molar-refractivity contribution >= 4 is 49.8 Å². The Morgan fingerprint density at radius 3 is 2.27 bits per heavy atom. The van der Waals surface area contributed by atoms with Crippen molar-refractivity contribution in [3.05, 3.63) is 90.5 Å². The van der Waals surface area contributed by atoms with E-state index in [4.69, 9.17) is 9.40 Å². The van der Waals surface area contributed by atoms with Gasteiger partial charge in [-0.2, -0.15) is 0 Å². The van der Waals surface area contributed by atoms with Gasteiger partial charge in [-0.05, 0) is 61.5 Å². The van der Waals surface area contributed by atoms with E-state index in [0.29, 0.717) is 0 Å². The van der Waals surface area contributed by atoms with Gasteiger partial charge in [0.1, 0.15) is 11.2 Å². The van der Waals surface area contributed by atoms with E-state index in [0.717, 1.165) is 55.5 Å². The van der Waals surface area contributed by atoms with E-state index in [1.807, 2.05) is 6.07 Å². The first-order chi connectivity index (χ1) is 14.8. The van der Waals surface area contributed by atoms with Crippen LogP contribution in [0.5, 0.6) is 0 Å². The summed E-state index contributed by atoms with van der Waals surface area (Å²) in [5.41, 5.74) is 8.52. The Kier molecular flexibility index (Phi) is 2.91. The number of nitrogens with zero attached hydrogens (tertiary/aromatic N) is 3. The lowest BCUT2D eigenvalue weighted by Gasteiger charge is -2.05. The summed E-state index contributed by atoms with van der Waals surface area (Å²) in [4.78, 5) is 4.98. The zero-order chi connectivity index (χ0) is 19.8. The fourth-order valence-electron chi connectivity index (χ4n) is 4.62. The number of benzene rings is 4. The molecule has 4 nitrogen and oxygen atoms in total. The second-order valence-corrected chi connectivity index (χ2v) is 7.84. The van der Waals surface area contributed by atoms with Crippen molar-refractivity contribution in [1.82, 2.24) is 14.0 Å². The minimum Gasteiger partial charge on any atom is -0.456 e. The topological polar surface area (TPSA) is 35.4 Å². The molecule has 3 heterocycles.